The first kappa shape index (κ1) is 19.8. The molecular weight excluding hydrogens is 388 g/mol. The molecule has 0 aliphatic carbocycles. The molecule has 2 fully saturated rings. The summed E-state index contributed by atoms with van der Waals surface area (Å²) < 4.78 is 0. The summed E-state index contributed by atoms with van der Waals surface area (Å²) in [6.07, 6.45) is 5.19. The van der Waals surface area contributed by atoms with Crippen LogP contribution >= 0.6 is 0 Å². The van der Waals surface area contributed by atoms with Crippen molar-refractivity contribution in [2.75, 3.05) is 17.2 Å². The van der Waals surface area contributed by atoms with Crippen LogP contribution in [0.2, 0.25) is 0 Å². The van der Waals surface area contributed by atoms with E-state index < -0.39 is 0 Å². The Morgan fingerprint density at radius 1 is 1.19 bits per heavy atom. The van der Waals surface area contributed by atoms with Crippen LogP contribution in [0, 0.1) is 25.2 Å². The summed E-state index contributed by atoms with van der Waals surface area (Å²) in [4.78, 5) is 12.2. The summed E-state index contributed by atoms with van der Waals surface area (Å²) in [7, 11) is 0. The number of piperidine rings is 1. The predicted molar refractivity (Wildman–Crippen MR) is 121 cm³/mol. The van der Waals surface area contributed by atoms with E-state index in [0.29, 0.717) is 30.5 Å². The van der Waals surface area contributed by atoms with Gasteiger partial charge in [-0.25, -0.2) is 4.98 Å². The first-order valence-electron chi connectivity index (χ1n) is 11.1. The second kappa shape index (κ2) is 8.16. The molecule has 0 radical (unpaired) electrons. The number of anilines is 3. The van der Waals surface area contributed by atoms with E-state index in [4.69, 9.17) is 15.2 Å². The van der Waals surface area contributed by atoms with E-state index in [0.717, 1.165) is 53.2 Å². The second-order valence-electron chi connectivity index (χ2n) is 8.77. The van der Waals surface area contributed by atoms with Crippen molar-refractivity contribution in [3.8, 4) is 6.07 Å². The number of nitrogens with one attached hydrogen (secondary N) is 3. The molecule has 31 heavy (non-hydrogen) atoms. The Balaban J connectivity index is 1.40. The highest BCUT2D eigenvalue weighted by atomic mass is 15.3. The molecule has 2 unspecified atom stereocenters. The number of nitrogens with zero attached hydrogens (tertiary/aromatic N) is 5. The maximum Gasteiger partial charge on any atom is 0.225 e. The van der Waals surface area contributed by atoms with Crippen LogP contribution in [0.4, 0.5) is 17.6 Å². The van der Waals surface area contributed by atoms with Crippen molar-refractivity contribution < 1.29 is 0 Å². The molecule has 2 saturated heterocycles. The molecule has 5 rings (SSSR count). The lowest BCUT2D eigenvalue weighted by molar-refractivity contribution is 0.135. The summed E-state index contributed by atoms with van der Waals surface area (Å²) in [6, 6.07) is 11.9. The second-order valence-corrected chi connectivity index (χ2v) is 8.77. The number of hydrogen-bond acceptors (Lipinski definition) is 7. The van der Waals surface area contributed by atoms with Gasteiger partial charge in [0.15, 0.2) is 5.82 Å². The minimum atomic E-state index is 0.345. The van der Waals surface area contributed by atoms with Gasteiger partial charge in [-0.05, 0) is 51.2 Å². The first-order chi connectivity index (χ1) is 15.1. The summed E-state index contributed by atoms with van der Waals surface area (Å²) in [5, 5.41) is 24.2. The molecule has 2 bridgehead atoms. The van der Waals surface area contributed by atoms with E-state index in [1.165, 1.54) is 12.8 Å². The molecule has 8 nitrogen and oxygen atoms in total. The van der Waals surface area contributed by atoms with Crippen molar-refractivity contribution in [2.45, 2.75) is 64.1 Å². The number of aryl methyl sites for hydroxylation is 2. The van der Waals surface area contributed by atoms with Gasteiger partial charge in [-0.2, -0.15) is 15.3 Å². The lowest BCUT2D eigenvalue weighted by Crippen LogP contribution is -2.47. The van der Waals surface area contributed by atoms with Gasteiger partial charge in [0.1, 0.15) is 5.82 Å². The van der Waals surface area contributed by atoms with Gasteiger partial charge in [0.25, 0.3) is 0 Å². The van der Waals surface area contributed by atoms with Crippen molar-refractivity contribution in [1.82, 2.24) is 25.1 Å². The zero-order valence-corrected chi connectivity index (χ0v) is 18.0. The van der Waals surface area contributed by atoms with E-state index in [-0.39, 0.29) is 0 Å². The smallest absolute Gasteiger partial charge is 0.225 e. The van der Waals surface area contributed by atoms with Crippen molar-refractivity contribution in [3.63, 3.8) is 0 Å². The van der Waals surface area contributed by atoms with Gasteiger partial charge < -0.3 is 10.6 Å². The lowest BCUT2D eigenvalue weighted by Gasteiger charge is -2.38. The number of aromatic nitrogens is 4. The van der Waals surface area contributed by atoms with Crippen LogP contribution in [0.5, 0.6) is 0 Å². The molecular formula is C23H28N8. The minimum Gasteiger partial charge on any atom is -0.351 e. The number of fused-ring (bicyclic) bond motifs is 3. The molecule has 3 N–H and O–H groups in total. The third-order valence-corrected chi connectivity index (χ3v) is 6.58. The van der Waals surface area contributed by atoms with Crippen LogP contribution in [0.15, 0.2) is 24.3 Å². The molecule has 2 aliphatic heterocycles. The molecule has 8 heteroatoms. The molecule has 2 aromatic heterocycles. The standard InChI is InChI=1S/C23H28N8/c1-14-5-3-6-19-21(14)27-23(28-22(19)26-20-11-15(2)29-30-20)25-16-12-17-7-8-18(13-16)31(17)10-4-9-24/h3,5-6,11,16-18H,4,7-8,10,12-13H2,1-2H3,(H3,25,26,27,28,29,30). The Morgan fingerprint density at radius 2 is 2.00 bits per heavy atom. The zero-order chi connectivity index (χ0) is 21.4. The average molecular weight is 417 g/mol. The van der Waals surface area contributed by atoms with Crippen LogP contribution in [-0.2, 0) is 0 Å². The largest absolute Gasteiger partial charge is 0.351 e. The fourth-order valence-electron chi connectivity index (χ4n) is 5.18. The highest BCUT2D eigenvalue weighted by Crippen LogP contribution is 2.37. The summed E-state index contributed by atoms with van der Waals surface area (Å²) in [5.41, 5.74) is 3.06. The summed E-state index contributed by atoms with van der Waals surface area (Å²) in [6.45, 7) is 4.95. The van der Waals surface area contributed by atoms with Gasteiger partial charge in [0, 0.05) is 48.2 Å². The number of aromatic amines is 1. The average Bonchev–Trinajstić information content (AvgIpc) is 3.26. The number of rotatable bonds is 6. The Labute approximate surface area is 182 Å². The molecule has 1 aromatic carbocycles. The van der Waals surface area contributed by atoms with Gasteiger partial charge in [-0.15, -0.1) is 0 Å². The van der Waals surface area contributed by atoms with Gasteiger partial charge >= 0.3 is 0 Å². The molecule has 0 amide bonds. The van der Waals surface area contributed by atoms with E-state index in [9.17, 15) is 0 Å². The van der Waals surface area contributed by atoms with E-state index in [2.05, 4.69) is 44.8 Å². The number of nitriles is 1. The minimum absolute atomic E-state index is 0.345. The molecule has 0 saturated carbocycles. The first-order valence-corrected chi connectivity index (χ1v) is 11.1. The highest BCUT2D eigenvalue weighted by Gasteiger charge is 2.40. The Kier molecular flexibility index (Phi) is 5.20. The monoisotopic (exact) mass is 416 g/mol. The molecule has 2 atom stereocenters. The number of para-hydroxylation sites is 1. The molecule has 2 aliphatic rings. The maximum atomic E-state index is 8.96. The Morgan fingerprint density at radius 3 is 2.71 bits per heavy atom. The van der Waals surface area contributed by atoms with E-state index in [1.54, 1.807) is 0 Å². The van der Waals surface area contributed by atoms with Crippen molar-refractivity contribution in [1.29, 1.82) is 5.26 Å². The SMILES string of the molecule is Cc1cc(Nc2nc(NC3CC4CCC(C3)N4CCC#N)nc3c(C)cccc23)n[nH]1. The summed E-state index contributed by atoms with van der Waals surface area (Å²) in [5.74, 6) is 2.16. The highest BCUT2D eigenvalue weighted by molar-refractivity contribution is 5.93. The van der Waals surface area contributed by atoms with Gasteiger partial charge in [-0.3, -0.25) is 10.00 Å². The Hall–Kier alpha value is -3.18. The van der Waals surface area contributed by atoms with Crippen molar-refractivity contribution in [3.05, 3.63) is 35.5 Å². The molecule has 160 valence electrons. The number of hydrogen-bond donors (Lipinski definition) is 3. The topological polar surface area (TPSA) is 106 Å². The zero-order valence-electron chi connectivity index (χ0n) is 18.0. The normalized spacial score (nSPS) is 23.1. The van der Waals surface area contributed by atoms with E-state index >= 15 is 0 Å². The fourth-order valence-corrected chi connectivity index (χ4v) is 5.18. The number of benzene rings is 1. The maximum absolute atomic E-state index is 8.96. The number of H-pyrrole nitrogens is 1. The van der Waals surface area contributed by atoms with Crippen LogP contribution in [0.25, 0.3) is 10.9 Å². The molecule has 3 aromatic rings. The quantitative estimate of drug-likeness (QED) is 0.557. The van der Waals surface area contributed by atoms with Gasteiger partial charge in [0.2, 0.25) is 5.95 Å². The van der Waals surface area contributed by atoms with Crippen LogP contribution in [0.3, 0.4) is 0 Å². The van der Waals surface area contributed by atoms with Crippen LogP contribution in [-0.4, -0.2) is 49.7 Å². The third-order valence-electron chi connectivity index (χ3n) is 6.58. The molecule has 4 heterocycles. The van der Waals surface area contributed by atoms with Gasteiger partial charge in [0.05, 0.1) is 11.6 Å². The van der Waals surface area contributed by atoms with Crippen LogP contribution in [0.1, 0.15) is 43.4 Å². The third kappa shape index (κ3) is 3.93. The fraction of sp³-hybridized carbons (Fsp3) is 0.478. The van der Waals surface area contributed by atoms with Crippen LogP contribution < -0.4 is 10.6 Å². The van der Waals surface area contributed by atoms with Gasteiger partial charge in [-0.1, -0.05) is 12.1 Å². The molecule has 0 spiro atoms. The summed E-state index contributed by atoms with van der Waals surface area (Å²) >= 11 is 0. The van der Waals surface area contributed by atoms with Crippen molar-refractivity contribution >= 4 is 28.5 Å². The predicted octanol–water partition coefficient (Wildman–Crippen LogP) is 4.03. The Bertz CT molecular complexity index is 1120. The van der Waals surface area contributed by atoms with E-state index in [1.807, 2.05) is 25.1 Å². The lowest BCUT2D eigenvalue weighted by atomic mass is 9.97. The van der Waals surface area contributed by atoms with Crippen molar-refractivity contribution in [2.24, 2.45) is 0 Å².